The van der Waals surface area contributed by atoms with E-state index in [0.29, 0.717) is 23.4 Å². The zero-order valence-corrected chi connectivity index (χ0v) is 11.3. The number of aryl methyl sites for hydroxylation is 1. The second kappa shape index (κ2) is 7.03. The summed E-state index contributed by atoms with van der Waals surface area (Å²) in [5.74, 6) is 2.09. The minimum absolute atomic E-state index is 0.598. The summed E-state index contributed by atoms with van der Waals surface area (Å²) in [5.41, 5.74) is 1.16. The summed E-state index contributed by atoms with van der Waals surface area (Å²) in [5, 5.41) is 0.676. The average Bonchev–Trinajstić information content (AvgIpc) is 2.23. The molecule has 0 heterocycles. The molecule has 3 heteroatoms. The van der Waals surface area contributed by atoms with E-state index in [1.807, 2.05) is 25.1 Å². The van der Waals surface area contributed by atoms with E-state index in [-0.39, 0.29) is 0 Å². The maximum Gasteiger partial charge on any atom is 0.138 e. The van der Waals surface area contributed by atoms with E-state index < -0.39 is 0 Å². The minimum atomic E-state index is 0.598. The summed E-state index contributed by atoms with van der Waals surface area (Å²) in [6, 6.07) is 5.81. The fourth-order valence-corrected chi connectivity index (χ4v) is 1.97. The summed E-state index contributed by atoms with van der Waals surface area (Å²) in [7, 11) is 0. The highest BCUT2D eigenvalue weighted by atomic mass is 35.5. The SMILES string of the molecule is Cc1ccc(Cl)c(OCCC(C)CCCl)c1. The number of benzene rings is 1. The monoisotopic (exact) mass is 260 g/mol. The number of alkyl halides is 1. The lowest BCUT2D eigenvalue weighted by Gasteiger charge is -2.12. The molecule has 1 nitrogen and oxygen atoms in total. The van der Waals surface area contributed by atoms with Gasteiger partial charge in [0.05, 0.1) is 11.6 Å². The predicted octanol–water partition coefficient (Wildman–Crippen LogP) is 4.68. The molecule has 0 fully saturated rings. The second-order valence-electron chi connectivity index (χ2n) is 4.15. The maximum atomic E-state index is 6.03. The van der Waals surface area contributed by atoms with Gasteiger partial charge in [0, 0.05) is 5.88 Å². The van der Waals surface area contributed by atoms with Crippen LogP contribution in [0.5, 0.6) is 5.75 Å². The second-order valence-corrected chi connectivity index (χ2v) is 4.94. The third kappa shape index (κ3) is 4.63. The van der Waals surface area contributed by atoms with Crippen molar-refractivity contribution < 1.29 is 4.74 Å². The Bertz CT molecular complexity index is 326. The third-order valence-corrected chi connectivity index (χ3v) is 3.09. The molecule has 0 amide bonds. The van der Waals surface area contributed by atoms with Gasteiger partial charge in [-0.2, -0.15) is 0 Å². The van der Waals surface area contributed by atoms with Crippen molar-refractivity contribution in [3.8, 4) is 5.75 Å². The number of hydrogen-bond donors (Lipinski definition) is 0. The quantitative estimate of drug-likeness (QED) is 0.675. The Kier molecular flexibility index (Phi) is 6.00. The molecule has 0 saturated carbocycles. The van der Waals surface area contributed by atoms with Crippen LogP contribution >= 0.6 is 23.2 Å². The number of halogens is 2. The predicted molar refractivity (Wildman–Crippen MR) is 70.8 cm³/mol. The molecule has 1 unspecified atom stereocenters. The molecule has 0 aliphatic heterocycles. The first kappa shape index (κ1) is 13.7. The molecule has 0 radical (unpaired) electrons. The van der Waals surface area contributed by atoms with E-state index >= 15 is 0 Å². The zero-order valence-electron chi connectivity index (χ0n) is 9.80. The van der Waals surface area contributed by atoms with Gasteiger partial charge in [-0.25, -0.2) is 0 Å². The molecule has 0 aromatic heterocycles. The summed E-state index contributed by atoms with van der Waals surface area (Å²) in [6.07, 6.45) is 2.05. The number of rotatable bonds is 6. The van der Waals surface area contributed by atoms with Gasteiger partial charge in [0.25, 0.3) is 0 Å². The molecule has 1 atom stereocenters. The van der Waals surface area contributed by atoms with Gasteiger partial charge in [-0.1, -0.05) is 24.6 Å². The molecule has 0 N–H and O–H groups in total. The fraction of sp³-hybridized carbons (Fsp3) is 0.538. The van der Waals surface area contributed by atoms with Crippen LogP contribution in [0, 0.1) is 12.8 Å². The fourth-order valence-electron chi connectivity index (χ4n) is 1.42. The van der Waals surface area contributed by atoms with Gasteiger partial charge in [0.2, 0.25) is 0 Å². The lowest BCUT2D eigenvalue weighted by Crippen LogP contribution is -2.05. The maximum absolute atomic E-state index is 6.03. The first-order valence-electron chi connectivity index (χ1n) is 5.58. The molecule has 1 aromatic rings. The van der Waals surface area contributed by atoms with Crippen molar-refractivity contribution in [3.05, 3.63) is 28.8 Å². The van der Waals surface area contributed by atoms with Crippen molar-refractivity contribution in [1.29, 1.82) is 0 Å². The van der Waals surface area contributed by atoms with Crippen molar-refractivity contribution in [1.82, 2.24) is 0 Å². The average molecular weight is 261 g/mol. The smallest absolute Gasteiger partial charge is 0.138 e. The van der Waals surface area contributed by atoms with Gasteiger partial charge in [-0.3, -0.25) is 0 Å². The van der Waals surface area contributed by atoms with Gasteiger partial charge >= 0.3 is 0 Å². The van der Waals surface area contributed by atoms with E-state index in [2.05, 4.69) is 6.92 Å². The third-order valence-electron chi connectivity index (χ3n) is 2.56. The van der Waals surface area contributed by atoms with Crippen molar-refractivity contribution >= 4 is 23.2 Å². The van der Waals surface area contributed by atoms with Crippen LogP contribution in [-0.4, -0.2) is 12.5 Å². The Morgan fingerprint density at radius 1 is 1.31 bits per heavy atom. The summed E-state index contributed by atoms with van der Waals surface area (Å²) in [4.78, 5) is 0. The van der Waals surface area contributed by atoms with Crippen LogP contribution in [-0.2, 0) is 0 Å². The molecule has 0 saturated heterocycles. The Labute approximate surface area is 108 Å². The minimum Gasteiger partial charge on any atom is -0.492 e. The lowest BCUT2D eigenvalue weighted by molar-refractivity contribution is 0.282. The van der Waals surface area contributed by atoms with Crippen molar-refractivity contribution in [2.45, 2.75) is 26.7 Å². The van der Waals surface area contributed by atoms with Crippen LogP contribution in [0.15, 0.2) is 18.2 Å². The van der Waals surface area contributed by atoms with Crippen molar-refractivity contribution in [3.63, 3.8) is 0 Å². The summed E-state index contributed by atoms with van der Waals surface area (Å²) < 4.78 is 5.66. The molecule has 0 aliphatic carbocycles. The normalized spacial score (nSPS) is 12.5. The molecule has 1 aromatic carbocycles. The van der Waals surface area contributed by atoms with Crippen LogP contribution in [0.1, 0.15) is 25.3 Å². The first-order chi connectivity index (χ1) is 7.63. The molecule has 1 rings (SSSR count). The Balaban J connectivity index is 2.39. The highest BCUT2D eigenvalue weighted by Gasteiger charge is 2.04. The standard InChI is InChI=1S/C13H18Cl2O/c1-10(5-7-14)6-8-16-13-9-11(2)3-4-12(13)15/h3-4,9-10H,5-8H2,1-2H3. The Morgan fingerprint density at radius 3 is 2.75 bits per heavy atom. The number of hydrogen-bond acceptors (Lipinski definition) is 1. The molecular formula is C13H18Cl2O. The van der Waals surface area contributed by atoms with E-state index in [1.54, 1.807) is 0 Å². The van der Waals surface area contributed by atoms with Gasteiger partial charge < -0.3 is 4.74 Å². The first-order valence-corrected chi connectivity index (χ1v) is 6.49. The van der Waals surface area contributed by atoms with E-state index in [0.717, 1.165) is 24.2 Å². The highest BCUT2D eigenvalue weighted by Crippen LogP contribution is 2.25. The van der Waals surface area contributed by atoms with Crippen molar-refractivity contribution in [2.75, 3.05) is 12.5 Å². The van der Waals surface area contributed by atoms with Crippen molar-refractivity contribution in [2.24, 2.45) is 5.92 Å². The summed E-state index contributed by atoms with van der Waals surface area (Å²) in [6.45, 7) is 4.91. The van der Waals surface area contributed by atoms with Gasteiger partial charge in [0.1, 0.15) is 5.75 Å². The van der Waals surface area contributed by atoms with Crippen LogP contribution in [0.25, 0.3) is 0 Å². The number of ether oxygens (including phenoxy) is 1. The van der Waals surface area contributed by atoms with Crippen LogP contribution in [0.4, 0.5) is 0 Å². The summed E-state index contributed by atoms with van der Waals surface area (Å²) >= 11 is 11.7. The van der Waals surface area contributed by atoms with E-state index in [4.69, 9.17) is 27.9 Å². The van der Waals surface area contributed by atoms with Crippen LogP contribution < -0.4 is 4.74 Å². The Morgan fingerprint density at radius 2 is 2.06 bits per heavy atom. The molecular weight excluding hydrogens is 243 g/mol. The largest absolute Gasteiger partial charge is 0.492 e. The highest BCUT2D eigenvalue weighted by molar-refractivity contribution is 6.32. The topological polar surface area (TPSA) is 9.23 Å². The van der Waals surface area contributed by atoms with Gasteiger partial charge in [-0.15, -0.1) is 11.6 Å². The van der Waals surface area contributed by atoms with E-state index in [1.165, 1.54) is 0 Å². The molecule has 0 spiro atoms. The Hall–Kier alpha value is -0.400. The molecule has 0 bridgehead atoms. The lowest BCUT2D eigenvalue weighted by atomic mass is 10.1. The zero-order chi connectivity index (χ0) is 12.0. The van der Waals surface area contributed by atoms with Crippen LogP contribution in [0.2, 0.25) is 5.02 Å². The molecule has 16 heavy (non-hydrogen) atoms. The van der Waals surface area contributed by atoms with Crippen LogP contribution in [0.3, 0.4) is 0 Å². The van der Waals surface area contributed by atoms with Gasteiger partial charge in [-0.05, 0) is 43.4 Å². The van der Waals surface area contributed by atoms with E-state index in [9.17, 15) is 0 Å². The molecule has 0 aliphatic rings. The molecule has 90 valence electrons. The van der Waals surface area contributed by atoms with Gasteiger partial charge in [0.15, 0.2) is 0 Å².